The minimum atomic E-state index is 0.568. The standard InChI is InChI=1S/C34H23N5O/c1-38-31-12-5-3-10-29(31)37-33(38)22-13-15-25-24-8-2-4-11-30(24)39(32(25)20-22)23-14-16-26(34-36-18-19-40-34)27(21-23)28-9-6-7-17-35-28/h2-21H,1H3. The molecule has 0 saturated carbocycles. The van der Waals surface area contributed by atoms with Gasteiger partial charge < -0.3 is 13.6 Å². The van der Waals surface area contributed by atoms with Crippen LogP contribution in [-0.2, 0) is 7.05 Å². The Bertz CT molecular complexity index is 2170. The molecule has 0 aliphatic heterocycles. The number of hydrogen-bond acceptors (Lipinski definition) is 4. The predicted octanol–water partition coefficient (Wildman–Crippen LogP) is 8.05. The summed E-state index contributed by atoms with van der Waals surface area (Å²) in [7, 11) is 2.07. The van der Waals surface area contributed by atoms with Crippen molar-refractivity contribution in [1.29, 1.82) is 0 Å². The molecule has 0 amide bonds. The third-order valence-corrected chi connectivity index (χ3v) is 7.58. The first kappa shape index (κ1) is 22.5. The second-order valence-corrected chi connectivity index (χ2v) is 9.85. The number of hydrogen-bond donors (Lipinski definition) is 0. The second kappa shape index (κ2) is 8.78. The zero-order chi connectivity index (χ0) is 26.6. The largest absolute Gasteiger partial charge is 0.445 e. The highest BCUT2D eigenvalue weighted by molar-refractivity contribution is 6.10. The number of pyridine rings is 1. The van der Waals surface area contributed by atoms with E-state index in [1.807, 2.05) is 30.5 Å². The van der Waals surface area contributed by atoms with E-state index in [1.54, 1.807) is 12.5 Å². The number of rotatable bonds is 4. The van der Waals surface area contributed by atoms with Crippen molar-refractivity contribution in [2.24, 2.45) is 7.05 Å². The molecule has 0 N–H and O–H groups in total. The van der Waals surface area contributed by atoms with Crippen molar-refractivity contribution in [1.82, 2.24) is 24.1 Å². The van der Waals surface area contributed by atoms with Crippen LogP contribution in [0.4, 0.5) is 0 Å². The lowest BCUT2D eigenvalue weighted by Gasteiger charge is -2.13. The van der Waals surface area contributed by atoms with Gasteiger partial charge in [-0.1, -0.05) is 48.5 Å². The fraction of sp³-hybridized carbons (Fsp3) is 0.0294. The molecule has 6 heteroatoms. The molecule has 4 aromatic heterocycles. The Morgan fingerprint density at radius 1 is 0.650 bits per heavy atom. The summed E-state index contributed by atoms with van der Waals surface area (Å²) in [5.41, 5.74) is 9.16. The van der Waals surface area contributed by atoms with E-state index < -0.39 is 0 Å². The Morgan fingerprint density at radius 3 is 2.30 bits per heavy atom. The number of aryl methyl sites for hydroxylation is 1. The Hall–Kier alpha value is -5.49. The fourth-order valence-electron chi connectivity index (χ4n) is 5.74. The van der Waals surface area contributed by atoms with E-state index in [0.717, 1.165) is 56.0 Å². The molecule has 0 atom stereocenters. The van der Waals surface area contributed by atoms with Gasteiger partial charge in [-0.25, -0.2) is 9.97 Å². The smallest absolute Gasteiger partial charge is 0.226 e. The molecule has 0 saturated heterocycles. The summed E-state index contributed by atoms with van der Waals surface area (Å²) in [6.45, 7) is 0. The highest BCUT2D eigenvalue weighted by Gasteiger charge is 2.18. The van der Waals surface area contributed by atoms with Crippen LogP contribution in [0.1, 0.15) is 0 Å². The lowest BCUT2D eigenvalue weighted by atomic mass is 10.0. The molecule has 0 fully saturated rings. The number of benzene rings is 4. The van der Waals surface area contributed by atoms with Gasteiger partial charge in [0.1, 0.15) is 12.1 Å². The lowest BCUT2D eigenvalue weighted by Crippen LogP contribution is -1.97. The summed E-state index contributed by atoms with van der Waals surface area (Å²) in [5.74, 6) is 1.51. The van der Waals surface area contributed by atoms with E-state index >= 15 is 0 Å². The van der Waals surface area contributed by atoms with Crippen molar-refractivity contribution in [3.63, 3.8) is 0 Å². The van der Waals surface area contributed by atoms with Crippen molar-refractivity contribution in [2.75, 3.05) is 0 Å². The Kier molecular flexibility index (Phi) is 4.94. The molecule has 8 aromatic rings. The summed E-state index contributed by atoms with van der Waals surface area (Å²) in [6, 6.07) is 35.7. The van der Waals surface area contributed by atoms with Crippen LogP contribution < -0.4 is 0 Å². The number of para-hydroxylation sites is 3. The fourth-order valence-corrected chi connectivity index (χ4v) is 5.74. The monoisotopic (exact) mass is 517 g/mol. The predicted molar refractivity (Wildman–Crippen MR) is 159 cm³/mol. The number of fused-ring (bicyclic) bond motifs is 4. The average Bonchev–Trinajstić information content (AvgIpc) is 3.74. The molecule has 190 valence electrons. The molecule has 0 bridgehead atoms. The van der Waals surface area contributed by atoms with Gasteiger partial charge in [0.15, 0.2) is 0 Å². The van der Waals surface area contributed by atoms with E-state index in [2.05, 4.69) is 105 Å². The SMILES string of the molecule is Cn1c(-c2ccc3c4ccccc4n(-c4ccc(-c5ncco5)c(-c5ccccn5)c4)c3c2)nc2ccccc21. The van der Waals surface area contributed by atoms with Gasteiger partial charge in [0.05, 0.1) is 34.0 Å². The summed E-state index contributed by atoms with van der Waals surface area (Å²) >= 11 is 0. The topological polar surface area (TPSA) is 61.7 Å². The van der Waals surface area contributed by atoms with Crippen LogP contribution in [0.2, 0.25) is 0 Å². The number of imidazole rings is 1. The molecule has 0 radical (unpaired) electrons. The average molecular weight is 518 g/mol. The third-order valence-electron chi connectivity index (χ3n) is 7.58. The normalized spacial score (nSPS) is 11.6. The van der Waals surface area contributed by atoms with E-state index in [1.165, 1.54) is 10.8 Å². The van der Waals surface area contributed by atoms with Crippen LogP contribution in [0, 0.1) is 0 Å². The highest BCUT2D eigenvalue weighted by atomic mass is 16.3. The minimum absolute atomic E-state index is 0.568. The van der Waals surface area contributed by atoms with Crippen LogP contribution in [-0.4, -0.2) is 24.1 Å². The maximum absolute atomic E-state index is 5.70. The van der Waals surface area contributed by atoms with Crippen molar-refractivity contribution in [2.45, 2.75) is 0 Å². The van der Waals surface area contributed by atoms with Gasteiger partial charge >= 0.3 is 0 Å². The van der Waals surface area contributed by atoms with E-state index in [4.69, 9.17) is 9.40 Å². The Labute approximate surface area is 229 Å². The maximum atomic E-state index is 5.70. The second-order valence-electron chi connectivity index (χ2n) is 9.85. The van der Waals surface area contributed by atoms with E-state index in [9.17, 15) is 0 Å². The van der Waals surface area contributed by atoms with Crippen molar-refractivity contribution < 1.29 is 4.42 Å². The molecular formula is C34H23N5O. The van der Waals surface area contributed by atoms with Gasteiger partial charge in [-0.3, -0.25) is 4.98 Å². The lowest BCUT2D eigenvalue weighted by molar-refractivity contribution is 0.575. The zero-order valence-electron chi connectivity index (χ0n) is 21.7. The molecule has 4 heterocycles. The molecule has 0 unspecified atom stereocenters. The van der Waals surface area contributed by atoms with Crippen LogP contribution in [0.3, 0.4) is 0 Å². The maximum Gasteiger partial charge on any atom is 0.226 e. The highest BCUT2D eigenvalue weighted by Crippen LogP contribution is 2.38. The van der Waals surface area contributed by atoms with Gasteiger partial charge in [0.2, 0.25) is 5.89 Å². The van der Waals surface area contributed by atoms with E-state index in [-0.39, 0.29) is 0 Å². The molecule has 6 nitrogen and oxygen atoms in total. The van der Waals surface area contributed by atoms with Gasteiger partial charge in [0.25, 0.3) is 0 Å². The zero-order valence-corrected chi connectivity index (χ0v) is 21.7. The molecule has 4 aromatic carbocycles. The first-order chi connectivity index (χ1) is 19.8. The minimum Gasteiger partial charge on any atom is -0.445 e. The van der Waals surface area contributed by atoms with Crippen molar-refractivity contribution in [3.05, 3.63) is 122 Å². The van der Waals surface area contributed by atoms with Crippen LogP contribution in [0.5, 0.6) is 0 Å². The molecular weight excluding hydrogens is 494 g/mol. The van der Waals surface area contributed by atoms with Crippen LogP contribution >= 0.6 is 0 Å². The summed E-state index contributed by atoms with van der Waals surface area (Å²) in [5, 5.41) is 2.39. The molecule has 8 rings (SSSR count). The molecule has 0 spiro atoms. The first-order valence-corrected chi connectivity index (χ1v) is 13.2. The number of aromatic nitrogens is 5. The Balaban J connectivity index is 1.40. The van der Waals surface area contributed by atoms with Crippen LogP contribution in [0.25, 0.3) is 72.6 Å². The van der Waals surface area contributed by atoms with Crippen molar-refractivity contribution in [3.8, 4) is 39.8 Å². The Morgan fingerprint density at radius 2 is 1.48 bits per heavy atom. The van der Waals surface area contributed by atoms with Crippen LogP contribution in [0.15, 0.2) is 126 Å². The number of nitrogens with zero attached hydrogens (tertiary/aromatic N) is 5. The summed E-state index contributed by atoms with van der Waals surface area (Å²) in [4.78, 5) is 14.1. The van der Waals surface area contributed by atoms with Gasteiger partial charge in [-0.15, -0.1) is 0 Å². The first-order valence-electron chi connectivity index (χ1n) is 13.2. The van der Waals surface area contributed by atoms with E-state index in [0.29, 0.717) is 5.89 Å². The summed E-state index contributed by atoms with van der Waals surface area (Å²) in [6.07, 6.45) is 5.08. The number of oxazole rings is 1. The third kappa shape index (κ3) is 3.39. The molecule has 40 heavy (non-hydrogen) atoms. The van der Waals surface area contributed by atoms with Gasteiger partial charge in [-0.05, 0) is 54.6 Å². The van der Waals surface area contributed by atoms with Crippen molar-refractivity contribution >= 4 is 32.8 Å². The molecule has 0 aliphatic rings. The van der Waals surface area contributed by atoms with Gasteiger partial charge in [0, 0.05) is 46.4 Å². The summed E-state index contributed by atoms with van der Waals surface area (Å²) < 4.78 is 10.2. The quantitative estimate of drug-likeness (QED) is 0.237. The van der Waals surface area contributed by atoms with Gasteiger partial charge in [-0.2, -0.15) is 0 Å². The molecule has 0 aliphatic carbocycles.